The van der Waals surface area contributed by atoms with E-state index >= 15 is 0 Å². The Morgan fingerprint density at radius 1 is 1.06 bits per heavy atom. The molecule has 4 heterocycles. The lowest BCUT2D eigenvalue weighted by atomic mass is 9.91. The average molecular weight is 443 g/mol. The summed E-state index contributed by atoms with van der Waals surface area (Å²) < 4.78 is 0. The number of hydrogen-bond donors (Lipinski definition) is 1. The number of fused-ring (bicyclic) bond motifs is 1. The van der Waals surface area contributed by atoms with E-state index in [-0.39, 0.29) is 17.9 Å². The first-order valence-electron chi connectivity index (χ1n) is 12.3. The third-order valence-corrected chi connectivity index (χ3v) is 7.50. The lowest BCUT2D eigenvalue weighted by Crippen LogP contribution is -2.42. The average Bonchev–Trinajstić information content (AvgIpc) is 2.83. The number of aromatic nitrogens is 2. The van der Waals surface area contributed by atoms with E-state index in [1.54, 1.807) is 6.92 Å². The van der Waals surface area contributed by atoms with Gasteiger partial charge in [-0.3, -0.25) is 9.59 Å². The lowest BCUT2D eigenvalue weighted by molar-refractivity contribution is -0.136. The van der Waals surface area contributed by atoms with Crippen LogP contribution in [-0.4, -0.2) is 76.3 Å². The van der Waals surface area contributed by atoms with Crippen LogP contribution in [-0.2, 0) is 22.6 Å². The molecule has 32 heavy (non-hydrogen) atoms. The minimum atomic E-state index is -0.0461. The molecule has 1 atom stereocenters. The Balaban J connectivity index is 1.51. The highest BCUT2D eigenvalue weighted by Crippen LogP contribution is 2.34. The van der Waals surface area contributed by atoms with Gasteiger partial charge in [0.05, 0.1) is 18.3 Å². The van der Waals surface area contributed by atoms with Crippen LogP contribution in [0.2, 0.25) is 0 Å². The van der Waals surface area contributed by atoms with Gasteiger partial charge in [0.2, 0.25) is 11.8 Å². The minimum absolute atomic E-state index is 0.0461. The SMILES string of the molecule is CCN1CCC(CC(=O)N2CCCCC2c2nc3c(c(NC)n2)CN(C(C)=O)CC3)CC1. The van der Waals surface area contributed by atoms with E-state index in [0.29, 0.717) is 25.4 Å². The van der Waals surface area contributed by atoms with E-state index in [0.717, 1.165) is 87.6 Å². The maximum absolute atomic E-state index is 13.4. The molecule has 8 heteroatoms. The van der Waals surface area contributed by atoms with E-state index in [4.69, 9.17) is 9.97 Å². The van der Waals surface area contributed by atoms with Gasteiger partial charge >= 0.3 is 0 Å². The molecule has 1 aromatic heterocycles. The molecule has 1 unspecified atom stereocenters. The van der Waals surface area contributed by atoms with Crippen LogP contribution in [0.25, 0.3) is 0 Å². The van der Waals surface area contributed by atoms with Crippen LogP contribution < -0.4 is 5.32 Å². The lowest BCUT2D eigenvalue weighted by Gasteiger charge is -2.37. The van der Waals surface area contributed by atoms with Crippen LogP contribution in [0.5, 0.6) is 0 Å². The zero-order chi connectivity index (χ0) is 22.7. The first-order valence-corrected chi connectivity index (χ1v) is 12.3. The summed E-state index contributed by atoms with van der Waals surface area (Å²) in [5, 5.41) is 3.22. The molecule has 0 radical (unpaired) electrons. The zero-order valence-electron chi connectivity index (χ0n) is 19.9. The van der Waals surface area contributed by atoms with Crippen molar-refractivity contribution < 1.29 is 9.59 Å². The molecule has 3 aliphatic heterocycles. The molecule has 0 spiro atoms. The number of likely N-dealkylation sites (tertiary alicyclic amines) is 2. The molecule has 1 N–H and O–H groups in total. The Morgan fingerprint density at radius 2 is 1.84 bits per heavy atom. The number of anilines is 1. The van der Waals surface area contributed by atoms with Crippen LogP contribution in [0.15, 0.2) is 0 Å². The standard InChI is InChI=1S/C24H38N6O2/c1-4-28-12-8-18(9-13-28)15-22(32)30-11-6-5-7-21(30)24-26-20-10-14-29(17(2)31)16-19(20)23(25-3)27-24/h18,21H,4-16H2,1-3H3,(H,25,26,27). The highest BCUT2D eigenvalue weighted by Gasteiger charge is 2.33. The summed E-state index contributed by atoms with van der Waals surface area (Å²) in [6.07, 6.45) is 6.67. The fraction of sp³-hybridized carbons (Fsp3) is 0.750. The normalized spacial score (nSPS) is 22.5. The summed E-state index contributed by atoms with van der Waals surface area (Å²) in [5.41, 5.74) is 2.02. The monoisotopic (exact) mass is 442 g/mol. The van der Waals surface area contributed by atoms with Gasteiger partial charge in [-0.2, -0.15) is 0 Å². The molecule has 0 aromatic carbocycles. The predicted octanol–water partition coefficient (Wildman–Crippen LogP) is 2.60. The van der Waals surface area contributed by atoms with Crippen LogP contribution in [0.3, 0.4) is 0 Å². The van der Waals surface area contributed by atoms with E-state index in [1.165, 1.54) is 0 Å². The summed E-state index contributed by atoms with van der Waals surface area (Å²) in [4.78, 5) is 41.4. The van der Waals surface area contributed by atoms with Crippen molar-refractivity contribution in [3.8, 4) is 0 Å². The molecular formula is C24H38N6O2. The van der Waals surface area contributed by atoms with Gasteiger partial charge in [0, 0.05) is 45.5 Å². The van der Waals surface area contributed by atoms with Crippen LogP contribution >= 0.6 is 0 Å². The van der Waals surface area contributed by atoms with Crippen molar-refractivity contribution in [2.75, 3.05) is 45.1 Å². The highest BCUT2D eigenvalue weighted by molar-refractivity contribution is 5.77. The van der Waals surface area contributed by atoms with Crippen molar-refractivity contribution in [2.24, 2.45) is 5.92 Å². The van der Waals surface area contributed by atoms with Gasteiger partial charge in [-0.1, -0.05) is 6.92 Å². The summed E-state index contributed by atoms with van der Waals surface area (Å²) in [6, 6.07) is -0.0461. The molecule has 0 bridgehead atoms. The Bertz CT molecular complexity index is 819. The van der Waals surface area contributed by atoms with E-state index in [1.807, 2.05) is 11.9 Å². The Labute approximate surface area is 191 Å². The largest absolute Gasteiger partial charge is 0.373 e. The van der Waals surface area contributed by atoms with Crippen molar-refractivity contribution in [3.63, 3.8) is 0 Å². The third kappa shape index (κ3) is 4.90. The number of rotatable bonds is 5. The maximum atomic E-state index is 13.4. The molecule has 4 rings (SSSR count). The van der Waals surface area contributed by atoms with Gasteiger partial charge in [-0.05, 0) is 57.7 Å². The predicted molar refractivity (Wildman–Crippen MR) is 124 cm³/mol. The maximum Gasteiger partial charge on any atom is 0.223 e. The van der Waals surface area contributed by atoms with Gasteiger partial charge in [0.25, 0.3) is 0 Å². The molecular weight excluding hydrogens is 404 g/mol. The van der Waals surface area contributed by atoms with Crippen molar-refractivity contribution >= 4 is 17.6 Å². The van der Waals surface area contributed by atoms with Crippen LogP contribution in [0.4, 0.5) is 5.82 Å². The smallest absolute Gasteiger partial charge is 0.223 e. The highest BCUT2D eigenvalue weighted by atomic mass is 16.2. The van der Waals surface area contributed by atoms with E-state index < -0.39 is 0 Å². The number of carbonyl (C=O) groups is 2. The second-order valence-corrected chi connectivity index (χ2v) is 9.48. The van der Waals surface area contributed by atoms with Crippen molar-refractivity contribution in [1.82, 2.24) is 24.7 Å². The van der Waals surface area contributed by atoms with Crippen LogP contribution in [0.1, 0.15) is 75.5 Å². The zero-order valence-corrected chi connectivity index (χ0v) is 19.9. The van der Waals surface area contributed by atoms with Crippen molar-refractivity contribution in [1.29, 1.82) is 0 Å². The summed E-state index contributed by atoms with van der Waals surface area (Å²) in [7, 11) is 1.87. The van der Waals surface area contributed by atoms with Gasteiger partial charge < -0.3 is 20.0 Å². The summed E-state index contributed by atoms with van der Waals surface area (Å²) >= 11 is 0. The van der Waals surface area contributed by atoms with Gasteiger partial charge in [0.1, 0.15) is 5.82 Å². The molecule has 1 aromatic rings. The number of piperidine rings is 2. The molecule has 0 saturated carbocycles. The van der Waals surface area contributed by atoms with Crippen molar-refractivity contribution in [2.45, 2.75) is 71.4 Å². The Morgan fingerprint density at radius 3 is 2.53 bits per heavy atom. The van der Waals surface area contributed by atoms with Crippen LogP contribution in [0, 0.1) is 5.92 Å². The number of hydrogen-bond acceptors (Lipinski definition) is 6. The van der Waals surface area contributed by atoms with Gasteiger partial charge in [-0.15, -0.1) is 0 Å². The molecule has 8 nitrogen and oxygen atoms in total. The molecule has 2 fully saturated rings. The second-order valence-electron chi connectivity index (χ2n) is 9.48. The topological polar surface area (TPSA) is 81.7 Å². The van der Waals surface area contributed by atoms with Gasteiger partial charge in [-0.25, -0.2) is 9.97 Å². The Hall–Kier alpha value is -2.22. The number of amides is 2. The quantitative estimate of drug-likeness (QED) is 0.755. The van der Waals surface area contributed by atoms with E-state index in [9.17, 15) is 9.59 Å². The summed E-state index contributed by atoms with van der Waals surface area (Å²) in [6.45, 7) is 9.16. The first kappa shape index (κ1) is 23.0. The third-order valence-electron chi connectivity index (χ3n) is 7.50. The first-order chi connectivity index (χ1) is 15.5. The second kappa shape index (κ2) is 10.1. The number of nitrogens with zero attached hydrogens (tertiary/aromatic N) is 5. The molecule has 2 saturated heterocycles. The number of carbonyl (C=O) groups excluding carboxylic acids is 2. The molecule has 0 aliphatic carbocycles. The summed E-state index contributed by atoms with van der Waals surface area (Å²) in [5.74, 6) is 2.39. The van der Waals surface area contributed by atoms with E-state index in [2.05, 4.69) is 22.0 Å². The molecule has 3 aliphatic rings. The minimum Gasteiger partial charge on any atom is -0.373 e. The fourth-order valence-electron chi connectivity index (χ4n) is 5.43. The van der Waals surface area contributed by atoms with Crippen molar-refractivity contribution in [3.05, 3.63) is 17.1 Å². The molecule has 2 amide bonds. The fourth-order valence-corrected chi connectivity index (χ4v) is 5.43. The van der Waals surface area contributed by atoms with Gasteiger partial charge in [0.15, 0.2) is 5.82 Å². The number of nitrogens with one attached hydrogen (secondary N) is 1. The Kier molecular flexibility index (Phi) is 7.28. The molecule has 176 valence electrons.